The van der Waals surface area contributed by atoms with Gasteiger partial charge in [-0.3, -0.25) is 4.90 Å². The van der Waals surface area contributed by atoms with Crippen molar-refractivity contribution in [3.8, 4) is 11.3 Å². The molecule has 1 saturated heterocycles. The second kappa shape index (κ2) is 8.04. The van der Waals surface area contributed by atoms with E-state index < -0.39 is 0 Å². The summed E-state index contributed by atoms with van der Waals surface area (Å²) >= 11 is 1.51. The number of hydrogen-bond acceptors (Lipinski definition) is 8. The van der Waals surface area contributed by atoms with E-state index in [1.165, 1.54) is 11.3 Å². The van der Waals surface area contributed by atoms with Crippen LogP contribution in [0, 0.1) is 17.2 Å². The van der Waals surface area contributed by atoms with Crippen molar-refractivity contribution in [3.05, 3.63) is 28.9 Å². The van der Waals surface area contributed by atoms with Gasteiger partial charge in [-0.15, -0.1) is 10.2 Å². The van der Waals surface area contributed by atoms with E-state index in [-0.39, 0.29) is 0 Å². The molecule has 3 rings (SSSR count). The zero-order valence-electron chi connectivity index (χ0n) is 13.6. The minimum Gasteiger partial charge on any atom is -0.469 e. The van der Waals surface area contributed by atoms with E-state index in [2.05, 4.69) is 31.5 Å². The topological polar surface area (TPSA) is 87.0 Å². The summed E-state index contributed by atoms with van der Waals surface area (Å²) in [6, 6.07) is 5.72. The number of anilines is 1. The van der Waals surface area contributed by atoms with Gasteiger partial charge in [-0.1, -0.05) is 11.3 Å². The predicted molar refractivity (Wildman–Crippen MR) is 91.9 cm³/mol. The van der Waals surface area contributed by atoms with Crippen LogP contribution in [0.4, 0.5) is 5.82 Å². The van der Waals surface area contributed by atoms with E-state index in [0.717, 1.165) is 37.6 Å². The van der Waals surface area contributed by atoms with Crippen molar-refractivity contribution in [2.45, 2.75) is 19.9 Å². The van der Waals surface area contributed by atoms with Gasteiger partial charge in [-0.25, -0.2) is 4.98 Å². The number of rotatable bonds is 7. The van der Waals surface area contributed by atoms with E-state index >= 15 is 0 Å². The van der Waals surface area contributed by atoms with Crippen molar-refractivity contribution in [2.75, 3.05) is 31.6 Å². The predicted octanol–water partition coefficient (Wildman–Crippen LogP) is 2.14. The first-order valence-electron chi connectivity index (χ1n) is 8.05. The molecule has 0 unspecified atom stereocenters. The second-order valence-electron chi connectivity index (χ2n) is 5.68. The molecule has 3 heterocycles. The molecule has 1 atom stereocenters. The largest absolute Gasteiger partial charge is 0.469 e. The van der Waals surface area contributed by atoms with Crippen LogP contribution in [0.25, 0.3) is 0 Å². The number of ether oxygens (including phenoxy) is 1. The lowest BCUT2D eigenvalue weighted by atomic mass is 10.1. The van der Waals surface area contributed by atoms with Gasteiger partial charge >= 0.3 is 0 Å². The molecule has 0 aromatic carbocycles. The molecule has 1 aliphatic rings. The fourth-order valence-electron chi connectivity index (χ4n) is 2.78. The van der Waals surface area contributed by atoms with Crippen LogP contribution in [-0.4, -0.2) is 46.3 Å². The van der Waals surface area contributed by atoms with E-state index in [4.69, 9.17) is 10.00 Å². The van der Waals surface area contributed by atoms with Crippen LogP contribution in [0.5, 0.6) is 5.19 Å². The normalized spacial score (nSPS) is 17.6. The monoisotopic (exact) mass is 344 g/mol. The Bertz CT molecular complexity index is 713. The van der Waals surface area contributed by atoms with Gasteiger partial charge in [0.15, 0.2) is 0 Å². The number of aromatic nitrogens is 3. The Morgan fingerprint density at radius 3 is 3.25 bits per heavy atom. The second-order valence-corrected chi connectivity index (χ2v) is 6.70. The molecule has 8 heteroatoms. The van der Waals surface area contributed by atoms with Gasteiger partial charge in [0.05, 0.1) is 18.7 Å². The molecule has 7 nitrogen and oxygen atoms in total. The molecular formula is C16H20N6OS. The molecule has 1 aliphatic heterocycles. The van der Waals surface area contributed by atoms with Crippen LogP contribution in [0.15, 0.2) is 18.3 Å². The summed E-state index contributed by atoms with van der Waals surface area (Å²) in [7, 11) is 0. The van der Waals surface area contributed by atoms with Crippen LogP contribution in [0.2, 0.25) is 0 Å². The lowest BCUT2D eigenvalue weighted by Gasteiger charge is -2.15. The summed E-state index contributed by atoms with van der Waals surface area (Å²) in [5.74, 6) is 1.21. The van der Waals surface area contributed by atoms with Crippen molar-refractivity contribution >= 4 is 17.2 Å². The lowest BCUT2D eigenvalue weighted by Crippen LogP contribution is -2.23. The van der Waals surface area contributed by atoms with Crippen LogP contribution in [0.3, 0.4) is 0 Å². The summed E-state index contributed by atoms with van der Waals surface area (Å²) in [6.07, 6.45) is 2.83. The average Bonchev–Trinajstić information content (AvgIpc) is 3.23. The number of likely N-dealkylation sites (tertiary alicyclic amines) is 1. The van der Waals surface area contributed by atoms with Gasteiger partial charge in [0.25, 0.3) is 5.19 Å². The van der Waals surface area contributed by atoms with E-state index in [0.29, 0.717) is 29.1 Å². The van der Waals surface area contributed by atoms with Gasteiger partial charge in [-0.2, -0.15) is 5.26 Å². The Kier molecular flexibility index (Phi) is 5.56. The van der Waals surface area contributed by atoms with Crippen molar-refractivity contribution in [1.82, 2.24) is 20.1 Å². The van der Waals surface area contributed by atoms with Crippen LogP contribution in [0.1, 0.15) is 23.9 Å². The molecule has 0 radical (unpaired) electrons. The first-order valence-corrected chi connectivity index (χ1v) is 8.86. The van der Waals surface area contributed by atoms with Crippen LogP contribution < -0.4 is 10.1 Å². The highest BCUT2D eigenvalue weighted by Gasteiger charge is 2.23. The van der Waals surface area contributed by atoms with Gasteiger partial charge in [0.1, 0.15) is 16.9 Å². The molecule has 0 spiro atoms. The molecule has 0 aliphatic carbocycles. The number of hydrogen-bond donors (Lipinski definition) is 1. The maximum Gasteiger partial charge on any atom is 0.294 e. The van der Waals surface area contributed by atoms with Gasteiger partial charge in [0, 0.05) is 19.3 Å². The molecule has 0 bridgehead atoms. The summed E-state index contributed by atoms with van der Waals surface area (Å²) in [5.41, 5.74) is 0.588. The first-order chi connectivity index (χ1) is 11.8. The third-order valence-electron chi connectivity index (χ3n) is 3.93. The average molecular weight is 344 g/mol. The molecule has 0 amide bonds. The number of pyridine rings is 1. The Labute approximate surface area is 145 Å². The maximum atomic E-state index is 9.10. The molecule has 126 valence electrons. The van der Waals surface area contributed by atoms with Crippen molar-refractivity contribution in [1.29, 1.82) is 5.26 Å². The Morgan fingerprint density at radius 1 is 1.50 bits per heavy atom. The molecule has 2 aromatic heterocycles. The Balaban J connectivity index is 1.47. The highest BCUT2D eigenvalue weighted by molar-refractivity contribution is 7.13. The first kappa shape index (κ1) is 16.6. The molecule has 1 N–H and O–H groups in total. The van der Waals surface area contributed by atoms with E-state index in [9.17, 15) is 0 Å². The maximum absolute atomic E-state index is 9.10. The van der Waals surface area contributed by atoms with Gasteiger partial charge in [0.2, 0.25) is 0 Å². The van der Waals surface area contributed by atoms with Crippen molar-refractivity contribution in [2.24, 2.45) is 5.92 Å². The quantitative estimate of drug-likeness (QED) is 0.823. The summed E-state index contributed by atoms with van der Waals surface area (Å²) in [6.45, 7) is 6.24. The van der Waals surface area contributed by atoms with Gasteiger partial charge in [-0.05, 0) is 37.9 Å². The SMILES string of the molecule is CCOc1nnc(CN2CC[C@@H](CNc3ncccc3C#N)C2)s1. The van der Waals surface area contributed by atoms with E-state index in [1.54, 1.807) is 18.3 Å². The standard InChI is InChI=1S/C16H20N6OS/c1-2-23-16-21-20-14(24-16)11-22-7-5-12(10-22)9-19-15-13(8-17)4-3-6-18-15/h3-4,6,12H,2,5,7,9-11H2,1H3,(H,18,19)/t12-/m0/s1. The highest BCUT2D eigenvalue weighted by Crippen LogP contribution is 2.23. The van der Waals surface area contributed by atoms with Crippen molar-refractivity contribution in [3.63, 3.8) is 0 Å². The highest BCUT2D eigenvalue weighted by atomic mass is 32.1. The lowest BCUT2D eigenvalue weighted by molar-refractivity contribution is 0.317. The van der Waals surface area contributed by atoms with E-state index in [1.807, 2.05) is 6.92 Å². The number of nitriles is 1. The summed E-state index contributed by atoms with van der Waals surface area (Å²) < 4.78 is 5.36. The molecular weight excluding hydrogens is 324 g/mol. The molecule has 1 fully saturated rings. The minimum atomic E-state index is 0.540. The number of nitrogens with zero attached hydrogens (tertiary/aromatic N) is 5. The molecule has 24 heavy (non-hydrogen) atoms. The zero-order chi connectivity index (χ0) is 16.8. The number of nitrogens with one attached hydrogen (secondary N) is 1. The van der Waals surface area contributed by atoms with Gasteiger partial charge < -0.3 is 10.1 Å². The van der Waals surface area contributed by atoms with Crippen molar-refractivity contribution < 1.29 is 4.74 Å². The van der Waals surface area contributed by atoms with Crippen LogP contribution >= 0.6 is 11.3 Å². The smallest absolute Gasteiger partial charge is 0.294 e. The molecule has 2 aromatic rings. The Hall–Kier alpha value is -2.24. The fraction of sp³-hybridized carbons (Fsp3) is 0.500. The third kappa shape index (κ3) is 4.19. The zero-order valence-corrected chi connectivity index (χ0v) is 14.4. The molecule has 0 saturated carbocycles. The third-order valence-corrected chi connectivity index (χ3v) is 4.75. The Morgan fingerprint density at radius 2 is 2.42 bits per heavy atom. The minimum absolute atomic E-state index is 0.540. The summed E-state index contributed by atoms with van der Waals surface area (Å²) in [5, 5.41) is 22.2. The summed E-state index contributed by atoms with van der Waals surface area (Å²) in [4.78, 5) is 6.62. The van der Waals surface area contributed by atoms with Crippen LogP contribution in [-0.2, 0) is 6.54 Å². The fourth-order valence-corrected chi connectivity index (χ4v) is 3.56.